The second-order valence-electron chi connectivity index (χ2n) is 7.05. The third kappa shape index (κ3) is 2.28. The van der Waals surface area contributed by atoms with Crippen LogP contribution >= 0.6 is 0 Å². The van der Waals surface area contributed by atoms with Gasteiger partial charge in [-0.2, -0.15) is 4.98 Å². The quantitative estimate of drug-likeness (QED) is 0.730. The summed E-state index contributed by atoms with van der Waals surface area (Å²) in [4.78, 5) is 4.54. The second kappa shape index (κ2) is 3.57. The van der Waals surface area contributed by atoms with E-state index in [9.17, 15) is 0 Å². The highest BCUT2D eigenvalue weighted by Crippen LogP contribution is 2.39. The van der Waals surface area contributed by atoms with E-state index in [0.29, 0.717) is 5.89 Å². The van der Waals surface area contributed by atoms with Crippen molar-refractivity contribution in [3.63, 3.8) is 0 Å². The van der Waals surface area contributed by atoms with Crippen LogP contribution in [-0.2, 0) is 10.8 Å². The van der Waals surface area contributed by atoms with Crippen LogP contribution in [0.15, 0.2) is 4.52 Å². The summed E-state index contributed by atoms with van der Waals surface area (Å²) in [5.41, 5.74) is -0.0781. The van der Waals surface area contributed by atoms with Gasteiger partial charge in [-0.25, -0.2) is 0 Å². The summed E-state index contributed by atoms with van der Waals surface area (Å²) >= 11 is 0. The minimum atomic E-state index is -0.0972. The van der Waals surface area contributed by atoms with Gasteiger partial charge in [-0.1, -0.05) is 60.5 Å². The molecule has 16 heavy (non-hydrogen) atoms. The van der Waals surface area contributed by atoms with Crippen LogP contribution in [-0.4, -0.2) is 10.1 Å². The van der Waals surface area contributed by atoms with E-state index in [-0.39, 0.29) is 16.2 Å². The van der Waals surface area contributed by atoms with E-state index in [4.69, 9.17) is 4.52 Å². The molecule has 0 aromatic carbocycles. The van der Waals surface area contributed by atoms with Crippen LogP contribution < -0.4 is 0 Å². The van der Waals surface area contributed by atoms with Crippen LogP contribution in [0, 0.1) is 5.41 Å². The van der Waals surface area contributed by atoms with Crippen LogP contribution in [0.5, 0.6) is 0 Å². The van der Waals surface area contributed by atoms with Gasteiger partial charge >= 0.3 is 0 Å². The maximum Gasteiger partial charge on any atom is 0.232 e. The zero-order valence-corrected chi connectivity index (χ0v) is 11.8. The Morgan fingerprint density at radius 1 is 0.875 bits per heavy atom. The van der Waals surface area contributed by atoms with Gasteiger partial charge in [-0.3, -0.25) is 0 Å². The first-order chi connectivity index (χ1) is 6.96. The van der Waals surface area contributed by atoms with E-state index < -0.39 is 0 Å². The smallest absolute Gasteiger partial charge is 0.232 e. The molecule has 0 spiro atoms. The molecule has 0 aliphatic rings. The van der Waals surface area contributed by atoms with Crippen molar-refractivity contribution in [3.05, 3.63) is 11.7 Å². The summed E-state index contributed by atoms with van der Waals surface area (Å²) in [6.07, 6.45) is 0. The number of hydrogen-bond donors (Lipinski definition) is 0. The Bertz CT molecular complexity index is 364. The molecule has 1 aromatic heterocycles. The van der Waals surface area contributed by atoms with Crippen molar-refractivity contribution in [2.75, 3.05) is 0 Å². The van der Waals surface area contributed by atoms with E-state index in [1.807, 2.05) is 0 Å². The summed E-state index contributed by atoms with van der Waals surface area (Å²) in [5, 5.41) is 4.13. The molecule has 0 fully saturated rings. The van der Waals surface area contributed by atoms with Gasteiger partial charge in [-0.05, 0) is 5.41 Å². The lowest BCUT2D eigenvalue weighted by Gasteiger charge is -2.35. The van der Waals surface area contributed by atoms with Gasteiger partial charge in [0, 0.05) is 10.8 Å². The maximum atomic E-state index is 5.35. The van der Waals surface area contributed by atoms with Crippen LogP contribution in [0.25, 0.3) is 0 Å². The van der Waals surface area contributed by atoms with Crippen molar-refractivity contribution in [1.82, 2.24) is 10.1 Å². The molecule has 0 saturated carbocycles. The van der Waals surface area contributed by atoms with Gasteiger partial charge in [0.05, 0.1) is 0 Å². The summed E-state index contributed by atoms with van der Waals surface area (Å²) in [5.74, 6) is 1.50. The molecule has 0 aliphatic carbocycles. The third-order valence-electron chi connectivity index (χ3n) is 3.50. The molecular formula is C13H24N2O. The number of rotatable bonds is 1. The van der Waals surface area contributed by atoms with E-state index in [2.05, 4.69) is 65.5 Å². The van der Waals surface area contributed by atoms with Gasteiger partial charge in [0.25, 0.3) is 0 Å². The van der Waals surface area contributed by atoms with Crippen molar-refractivity contribution in [2.45, 2.75) is 66.2 Å². The second-order valence-corrected chi connectivity index (χ2v) is 7.05. The molecule has 3 heteroatoms. The van der Waals surface area contributed by atoms with E-state index in [1.165, 1.54) is 0 Å². The average Bonchev–Trinajstić information content (AvgIpc) is 2.47. The highest BCUT2D eigenvalue weighted by molar-refractivity contribution is 5.10. The number of hydrogen-bond acceptors (Lipinski definition) is 3. The molecule has 0 bridgehead atoms. The van der Waals surface area contributed by atoms with Gasteiger partial charge in [-0.15, -0.1) is 0 Å². The van der Waals surface area contributed by atoms with Gasteiger partial charge in [0.1, 0.15) is 0 Å². The van der Waals surface area contributed by atoms with Crippen LogP contribution in [0.1, 0.15) is 67.1 Å². The SMILES string of the molecule is CC(C)(C)c1nc(C(C)(C)C(C)(C)C)no1. The molecule has 0 amide bonds. The fraction of sp³-hybridized carbons (Fsp3) is 0.846. The minimum absolute atomic E-state index is 0.0841. The lowest BCUT2D eigenvalue weighted by atomic mass is 9.69. The molecular weight excluding hydrogens is 200 g/mol. The van der Waals surface area contributed by atoms with Crippen LogP contribution in [0.4, 0.5) is 0 Å². The fourth-order valence-electron chi connectivity index (χ4n) is 1.12. The normalized spacial score (nSPS) is 14.2. The Labute approximate surface area is 98.6 Å². The predicted molar refractivity (Wildman–Crippen MR) is 65.5 cm³/mol. The van der Waals surface area contributed by atoms with Gasteiger partial charge in [0.15, 0.2) is 5.82 Å². The standard InChI is InChI=1S/C13H24N2O/c1-11(2,3)10-14-9(15-16-10)13(7,8)12(4,5)6/h1-8H3. The first kappa shape index (κ1) is 13.2. The molecule has 0 unspecified atom stereocenters. The molecule has 0 N–H and O–H groups in total. The van der Waals surface area contributed by atoms with Gasteiger partial charge < -0.3 is 4.52 Å². The largest absolute Gasteiger partial charge is 0.339 e. The Morgan fingerprint density at radius 3 is 1.69 bits per heavy atom. The van der Waals surface area contributed by atoms with Crippen LogP contribution in [0.2, 0.25) is 0 Å². The monoisotopic (exact) mass is 224 g/mol. The van der Waals surface area contributed by atoms with Crippen molar-refractivity contribution in [2.24, 2.45) is 5.41 Å². The summed E-state index contributed by atoms with van der Waals surface area (Å²) in [7, 11) is 0. The Balaban J connectivity index is 3.13. The summed E-state index contributed by atoms with van der Waals surface area (Å²) in [6.45, 7) is 17.1. The number of aromatic nitrogens is 2. The molecule has 0 aliphatic heterocycles. The van der Waals surface area contributed by atoms with Crippen molar-refractivity contribution >= 4 is 0 Å². The Morgan fingerprint density at radius 2 is 1.38 bits per heavy atom. The lowest BCUT2D eigenvalue weighted by Crippen LogP contribution is -2.35. The number of nitrogens with zero attached hydrogens (tertiary/aromatic N) is 2. The van der Waals surface area contributed by atoms with E-state index in [0.717, 1.165) is 5.82 Å². The summed E-state index contributed by atoms with van der Waals surface area (Å²) in [6, 6.07) is 0. The average molecular weight is 224 g/mol. The molecule has 3 nitrogen and oxygen atoms in total. The third-order valence-corrected chi connectivity index (χ3v) is 3.50. The molecule has 92 valence electrons. The van der Waals surface area contributed by atoms with Crippen LogP contribution in [0.3, 0.4) is 0 Å². The predicted octanol–water partition coefficient (Wildman–Crippen LogP) is 3.69. The molecule has 0 radical (unpaired) electrons. The van der Waals surface area contributed by atoms with Crippen molar-refractivity contribution < 1.29 is 4.52 Å². The maximum absolute atomic E-state index is 5.35. The first-order valence-corrected chi connectivity index (χ1v) is 5.81. The molecule has 1 heterocycles. The highest BCUT2D eigenvalue weighted by atomic mass is 16.5. The molecule has 1 rings (SSSR count). The lowest BCUT2D eigenvalue weighted by molar-refractivity contribution is 0.206. The topological polar surface area (TPSA) is 38.9 Å². The first-order valence-electron chi connectivity index (χ1n) is 5.81. The molecule has 1 aromatic rings. The Hall–Kier alpha value is -0.860. The molecule has 0 atom stereocenters. The van der Waals surface area contributed by atoms with Gasteiger partial charge in [0.2, 0.25) is 5.89 Å². The zero-order valence-electron chi connectivity index (χ0n) is 11.8. The summed E-state index contributed by atoms with van der Waals surface area (Å²) < 4.78 is 5.35. The molecule has 0 saturated heterocycles. The van der Waals surface area contributed by atoms with E-state index >= 15 is 0 Å². The highest BCUT2D eigenvalue weighted by Gasteiger charge is 2.39. The zero-order chi connectivity index (χ0) is 12.8. The Kier molecular flexibility index (Phi) is 2.95. The van der Waals surface area contributed by atoms with Crippen molar-refractivity contribution in [3.8, 4) is 0 Å². The minimum Gasteiger partial charge on any atom is -0.339 e. The van der Waals surface area contributed by atoms with Crippen molar-refractivity contribution in [1.29, 1.82) is 0 Å². The fourth-order valence-corrected chi connectivity index (χ4v) is 1.12. The van der Waals surface area contributed by atoms with E-state index in [1.54, 1.807) is 0 Å².